The van der Waals surface area contributed by atoms with Crippen LogP contribution in [0.15, 0.2) is 135 Å². The van der Waals surface area contributed by atoms with Gasteiger partial charge in [0.05, 0.1) is 0 Å². The van der Waals surface area contributed by atoms with Crippen LogP contribution in [0.5, 0.6) is 0 Å². The monoisotopic (exact) mass is 732 g/mol. The number of fused-ring (bicyclic) bond motifs is 7. The molecule has 0 aliphatic heterocycles. The number of benzene rings is 4. The number of allylic oxidation sites excluding steroid dienone is 8. The molecule has 0 bridgehead atoms. The maximum atomic E-state index is 4.54. The van der Waals surface area contributed by atoms with E-state index >= 15 is 0 Å². The van der Waals surface area contributed by atoms with Crippen LogP contribution in [-0.4, -0.2) is 0 Å². The fraction of sp³-hybridized carbons (Fsp3) is 0.321. The lowest BCUT2D eigenvalue weighted by molar-refractivity contribution is 0.485. The van der Waals surface area contributed by atoms with Gasteiger partial charge in [-0.2, -0.15) is 0 Å². The molecule has 0 fully saturated rings. The second-order valence-corrected chi connectivity index (χ2v) is 16.7. The molecule has 2 atom stereocenters. The molecule has 2 unspecified atom stereocenters. The van der Waals surface area contributed by atoms with Gasteiger partial charge >= 0.3 is 0 Å². The van der Waals surface area contributed by atoms with Crippen LogP contribution in [0, 0.1) is 0 Å². The summed E-state index contributed by atoms with van der Waals surface area (Å²) in [5.74, 6) is 0.377. The van der Waals surface area contributed by atoms with Crippen LogP contribution in [0.4, 0.5) is 0 Å². The average molecular weight is 733 g/mol. The minimum Gasteiger partial charge on any atom is -0.0988 e. The van der Waals surface area contributed by atoms with Crippen LogP contribution in [0.1, 0.15) is 148 Å². The lowest BCUT2D eigenvalue weighted by Crippen LogP contribution is -2.24. The second-order valence-electron chi connectivity index (χ2n) is 16.7. The minimum atomic E-state index is -0.0988. The van der Waals surface area contributed by atoms with Crippen molar-refractivity contribution < 1.29 is 0 Å². The van der Waals surface area contributed by atoms with Crippen molar-refractivity contribution in [1.29, 1.82) is 0 Å². The molecule has 0 saturated heterocycles. The van der Waals surface area contributed by atoms with Gasteiger partial charge in [0.2, 0.25) is 0 Å². The second kappa shape index (κ2) is 14.5. The molecule has 0 heteroatoms. The fourth-order valence-electron chi connectivity index (χ4n) is 12.3. The number of hydrogen-bond donors (Lipinski definition) is 0. The predicted octanol–water partition coefficient (Wildman–Crippen LogP) is 16.2. The third-order valence-electron chi connectivity index (χ3n) is 15.2. The fourth-order valence-corrected chi connectivity index (χ4v) is 12.3. The van der Waals surface area contributed by atoms with Crippen molar-refractivity contribution in [2.24, 2.45) is 0 Å². The van der Waals surface area contributed by atoms with E-state index in [9.17, 15) is 0 Å². The van der Waals surface area contributed by atoms with Crippen LogP contribution < -0.4 is 0 Å². The Morgan fingerprint density at radius 2 is 0.929 bits per heavy atom. The van der Waals surface area contributed by atoms with E-state index in [2.05, 4.69) is 152 Å². The molecule has 4 aromatic rings. The molecule has 0 aromatic heterocycles. The summed E-state index contributed by atoms with van der Waals surface area (Å²) in [7, 11) is 0. The Kier molecular flexibility index (Phi) is 9.85. The molecule has 0 radical (unpaired) electrons. The smallest absolute Gasteiger partial charge is 0.0210 e. The van der Waals surface area contributed by atoms with Crippen LogP contribution in [-0.2, 0) is 10.8 Å². The lowest BCUT2D eigenvalue weighted by Gasteiger charge is -2.35. The van der Waals surface area contributed by atoms with Gasteiger partial charge in [0.25, 0.3) is 0 Å². The standard InChI is InChI=1S/C56H60/c1-11-35-25-23-28-42(37(35)13-3)53-39(15-5)40(16-6)54(43-29-24-26-36(12-2)38(43)14-4)48-34-52-44(31-47(48)53)46-33-50-45(32-51(46)56(52,19-9)20-10)41-27-21-22-30-49(41)55(50,17-7)18-8/h11-16,21-22,27,30-34,42-43H,1-6,17-20,23-26,28-29H2,7-10H3. The zero-order valence-electron chi connectivity index (χ0n) is 34.6. The Labute approximate surface area is 337 Å². The third kappa shape index (κ3) is 5.03. The molecule has 0 nitrogen and oxygen atoms in total. The summed E-state index contributed by atoms with van der Waals surface area (Å²) < 4.78 is 0. The Morgan fingerprint density at radius 3 is 1.39 bits per heavy atom. The van der Waals surface area contributed by atoms with Gasteiger partial charge in [-0.15, -0.1) is 0 Å². The molecule has 284 valence electrons. The first-order chi connectivity index (χ1) is 27.3. The first-order valence-electron chi connectivity index (χ1n) is 21.5. The van der Waals surface area contributed by atoms with Crippen LogP contribution >= 0.6 is 0 Å². The highest BCUT2D eigenvalue weighted by Gasteiger charge is 2.47. The topological polar surface area (TPSA) is 0 Å². The molecule has 56 heavy (non-hydrogen) atoms. The molecule has 0 N–H and O–H groups in total. The molecule has 4 aromatic carbocycles. The van der Waals surface area contributed by atoms with Gasteiger partial charge in [-0.05, 0) is 188 Å². The molecule has 0 heterocycles. The summed E-state index contributed by atoms with van der Waals surface area (Å²) in [6, 6.07) is 19.8. The maximum absolute atomic E-state index is 4.54. The van der Waals surface area contributed by atoms with E-state index in [1.165, 1.54) is 99.8 Å². The van der Waals surface area contributed by atoms with Crippen LogP contribution in [0.3, 0.4) is 0 Å². The summed E-state index contributed by atoms with van der Waals surface area (Å²) in [4.78, 5) is 0. The van der Waals surface area contributed by atoms with E-state index in [1.807, 2.05) is 0 Å². The van der Waals surface area contributed by atoms with Gasteiger partial charge < -0.3 is 0 Å². The Bertz CT molecular complexity index is 2420. The summed E-state index contributed by atoms with van der Waals surface area (Å²) in [6.07, 6.45) is 23.3. The largest absolute Gasteiger partial charge is 0.0988 e. The summed E-state index contributed by atoms with van der Waals surface area (Å²) in [5, 5.41) is 2.70. The van der Waals surface area contributed by atoms with Crippen molar-refractivity contribution in [3.05, 3.63) is 179 Å². The van der Waals surface area contributed by atoms with E-state index in [1.54, 1.807) is 0 Å². The molecule has 0 amide bonds. The van der Waals surface area contributed by atoms with Gasteiger partial charge in [-0.1, -0.05) is 128 Å². The highest BCUT2D eigenvalue weighted by Crippen LogP contribution is 2.61. The van der Waals surface area contributed by atoms with Crippen molar-refractivity contribution in [2.75, 3.05) is 0 Å². The van der Waals surface area contributed by atoms with E-state index in [-0.39, 0.29) is 22.7 Å². The molecule has 0 spiro atoms. The highest BCUT2D eigenvalue weighted by molar-refractivity contribution is 6.03. The molecular formula is C56H60. The Hall–Kier alpha value is -4.94. The first-order valence-corrected chi connectivity index (χ1v) is 21.5. The summed E-state index contributed by atoms with van der Waals surface area (Å²) >= 11 is 0. The van der Waals surface area contributed by atoms with E-state index in [0.29, 0.717) is 0 Å². The van der Waals surface area contributed by atoms with Crippen molar-refractivity contribution in [3.8, 4) is 22.3 Å². The van der Waals surface area contributed by atoms with Gasteiger partial charge in [0.15, 0.2) is 0 Å². The quantitative estimate of drug-likeness (QED) is 0.136. The molecule has 4 aliphatic rings. The van der Waals surface area contributed by atoms with Gasteiger partial charge in [0, 0.05) is 22.7 Å². The van der Waals surface area contributed by atoms with E-state index in [4.69, 9.17) is 0 Å². The average Bonchev–Trinajstić information content (AvgIpc) is 3.68. The SMILES string of the molecule is C=CC1=C(C=C)C(c2c(C=C)c(C=C)c(C3CCCC(C=C)=C3C=C)c3cc4c(cc23)-c2cc3c(cc2C4(CC)CC)-c2ccccc2C3(CC)CC)CCC1. The molecule has 8 rings (SSSR count). The lowest BCUT2D eigenvalue weighted by atomic mass is 9.69. The normalized spacial score (nSPS) is 20.2. The molecule has 0 saturated carbocycles. The third-order valence-corrected chi connectivity index (χ3v) is 15.2. The van der Waals surface area contributed by atoms with Crippen LogP contribution in [0.2, 0.25) is 0 Å². The minimum absolute atomic E-state index is 0.0129. The highest BCUT2D eigenvalue weighted by atomic mass is 14.5. The van der Waals surface area contributed by atoms with Crippen molar-refractivity contribution >= 4 is 22.9 Å². The van der Waals surface area contributed by atoms with Crippen molar-refractivity contribution in [2.45, 2.75) is 115 Å². The van der Waals surface area contributed by atoms with E-state index < -0.39 is 0 Å². The maximum Gasteiger partial charge on any atom is 0.0210 e. The molecule has 4 aliphatic carbocycles. The van der Waals surface area contributed by atoms with Gasteiger partial charge in [-0.3, -0.25) is 0 Å². The van der Waals surface area contributed by atoms with Gasteiger partial charge in [0.1, 0.15) is 0 Å². The molecular weight excluding hydrogens is 673 g/mol. The number of hydrogen-bond acceptors (Lipinski definition) is 0. The summed E-state index contributed by atoms with van der Waals surface area (Å²) in [6.45, 7) is 36.0. The zero-order valence-corrected chi connectivity index (χ0v) is 34.6. The first kappa shape index (κ1) is 38.0. The zero-order chi connectivity index (χ0) is 39.5. The van der Waals surface area contributed by atoms with Crippen LogP contribution in [0.25, 0.3) is 45.2 Å². The van der Waals surface area contributed by atoms with E-state index in [0.717, 1.165) is 64.2 Å². The summed E-state index contributed by atoms with van der Waals surface area (Å²) in [5.41, 5.74) is 22.0. The predicted molar refractivity (Wildman–Crippen MR) is 246 cm³/mol. The number of rotatable bonds is 12. The van der Waals surface area contributed by atoms with Crippen molar-refractivity contribution in [1.82, 2.24) is 0 Å². The Balaban J connectivity index is 1.55. The Morgan fingerprint density at radius 1 is 0.500 bits per heavy atom. The van der Waals surface area contributed by atoms with Crippen molar-refractivity contribution in [3.63, 3.8) is 0 Å². The van der Waals surface area contributed by atoms with Gasteiger partial charge in [-0.25, -0.2) is 0 Å².